The third-order valence-electron chi connectivity index (χ3n) is 7.86. The van der Waals surface area contributed by atoms with Gasteiger partial charge in [0.1, 0.15) is 11.4 Å². The molecule has 3 heterocycles. The predicted molar refractivity (Wildman–Crippen MR) is 148 cm³/mol. The number of nitrogens with one attached hydrogen (secondary N) is 2. The van der Waals surface area contributed by atoms with E-state index in [4.69, 9.17) is 18.9 Å². The number of hydrogen-bond acceptors (Lipinski definition) is 7. The summed E-state index contributed by atoms with van der Waals surface area (Å²) < 4.78 is 22.8. The maximum absolute atomic E-state index is 13.4. The van der Waals surface area contributed by atoms with Gasteiger partial charge in [-0.2, -0.15) is 0 Å². The third kappa shape index (κ3) is 6.90. The Hall–Kier alpha value is -2.72. The Morgan fingerprint density at radius 3 is 2.51 bits per heavy atom. The topological polar surface area (TPSA) is 102 Å². The largest absolute Gasteiger partial charge is 0.500 e. The minimum atomic E-state index is -0.603. The monoisotopic (exact) mass is 546 g/mol. The van der Waals surface area contributed by atoms with E-state index in [1.807, 2.05) is 38.8 Å². The molecule has 218 valence electrons. The summed E-state index contributed by atoms with van der Waals surface area (Å²) in [6.45, 7) is 12.6. The molecule has 0 radical (unpaired) electrons. The standard InChI is InChI=1S/C29H46N4O6/c1-7-22(36-6)14-30-26-19(2)8-11-23(25-18-37-13-12-32(25)28(35)39-29(3,4)5)24(26)15-31-27(34)33-20-9-10-21(33)17-38-16-20/h11,14,19-21,25,30H,7-10,12-13,15-18H2,1-6H3,(H,31,34)/b22-14+/t19-,20?,21?,25-/m0/s1. The molecule has 2 bridgehead atoms. The Bertz CT molecular complexity index is 978. The molecule has 4 rings (SSSR count). The number of morpholine rings is 2. The summed E-state index contributed by atoms with van der Waals surface area (Å²) in [5, 5.41) is 6.71. The lowest BCUT2D eigenvalue weighted by atomic mass is 9.84. The molecule has 2 unspecified atom stereocenters. The van der Waals surface area contributed by atoms with Crippen molar-refractivity contribution in [3.8, 4) is 0 Å². The number of carbonyl (C=O) groups is 2. The summed E-state index contributed by atoms with van der Waals surface area (Å²) >= 11 is 0. The van der Waals surface area contributed by atoms with E-state index in [0.717, 1.165) is 48.3 Å². The first-order valence-corrected chi connectivity index (χ1v) is 14.3. The summed E-state index contributed by atoms with van der Waals surface area (Å²) in [7, 11) is 1.66. The molecule has 39 heavy (non-hydrogen) atoms. The number of methoxy groups -OCH3 is 1. The second-order valence-corrected chi connectivity index (χ2v) is 11.8. The third-order valence-corrected chi connectivity index (χ3v) is 7.86. The fourth-order valence-electron chi connectivity index (χ4n) is 5.84. The first-order chi connectivity index (χ1) is 18.6. The van der Waals surface area contributed by atoms with Crippen LogP contribution in [0.15, 0.2) is 34.9 Å². The molecule has 0 aromatic heterocycles. The van der Waals surface area contributed by atoms with Gasteiger partial charge in [-0.15, -0.1) is 0 Å². The van der Waals surface area contributed by atoms with Gasteiger partial charge in [-0.05, 0) is 57.1 Å². The molecule has 10 heteroatoms. The van der Waals surface area contributed by atoms with Crippen LogP contribution in [0.2, 0.25) is 0 Å². The highest BCUT2D eigenvalue weighted by Crippen LogP contribution is 2.34. The van der Waals surface area contributed by atoms with E-state index in [9.17, 15) is 9.59 Å². The van der Waals surface area contributed by atoms with Crippen LogP contribution in [-0.2, 0) is 18.9 Å². The van der Waals surface area contributed by atoms with E-state index in [-0.39, 0.29) is 36.2 Å². The van der Waals surface area contributed by atoms with Crippen LogP contribution in [0.4, 0.5) is 9.59 Å². The average molecular weight is 547 g/mol. The Morgan fingerprint density at radius 1 is 1.15 bits per heavy atom. The molecule has 0 aromatic carbocycles. The first-order valence-electron chi connectivity index (χ1n) is 14.3. The molecule has 3 aliphatic heterocycles. The highest BCUT2D eigenvalue weighted by atomic mass is 16.6. The van der Waals surface area contributed by atoms with Crippen LogP contribution in [0.3, 0.4) is 0 Å². The van der Waals surface area contributed by atoms with E-state index in [2.05, 4.69) is 23.6 Å². The Balaban J connectivity index is 1.63. The molecule has 2 N–H and O–H groups in total. The number of ether oxygens (including phenoxy) is 4. The van der Waals surface area contributed by atoms with E-state index >= 15 is 0 Å². The van der Waals surface area contributed by atoms with Gasteiger partial charge in [-0.25, -0.2) is 9.59 Å². The normalized spacial score (nSPS) is 27.7. The molecule has 3 amide bonds. The molecule has 0 spiro atoms. The zero-order valence-corrected chi connectivity index (χ0v) is 24.4. The van der Waals surface area contributed by atoms with Crippen LogP contribution in [0.5, 0.6) is 0 Å². The Labute approximate surface area is 232 Å². The van der Waals surface area contributed by atoms with Crippen molar-refractivity contribution in [1.82, 2.24) is 20.4 Å². The van der Waals surface area contributed by atoms with Gasteiger partial charge in [0, 0.05) is 31.4 Å². The van der Waals surface area contributed by atoms with Crippen LogP contribution in [-0.4, -0.2) is 92.3 Å². The maximum atomic E-state index is 13.4. The average Bonchev–Trinajstić information content (AvgIpc) is 3.16. The van der Waals surface area contributed by atoms with Crippen LogP contribution >= 0.6 is 0 Å². The van der Waals surface area contributed by atoms with Gasteiger partial charge in [-0.1, -0.05) is 19.9 Å². The Kier molecular flexibility index (Phi) is 9.48. The van der Waals surface area contributed by atoms with Crippen molar-refractivity contribution in [2.45, 2.75) is 84.0 Å². The van der Waals surface area contributed by atoms with Crippen LogP contribution in [0.1, 0.15) is 60.3 Å². The molecule has 4 atom stereocenters. The maximum Gasteiger partial charge on any atom is 0.410 e. The van der Waals surface area contributed by atoms with Gasteiger partial charge >= 0.3 is 12.1 Å². The minimum Gasteiger partial charge on any atom is -0.500 e. The summed E-state index contributed by atoms with van der Waals surface area (Å²) in [5.41, 5.74) is 2.36. The Morgan fingerprint density at radius 2 is 1.87 bits per heavy atom. The van der Waals surface area contributed by atoms with Gasteiger partial charge in [-0.3, -0.25) is 4.90 Å². The van der Waals surface area contributed by atoms with Crippen molar-refractivity contribution in [1.29, 1.82) is 0 Å². The number of rotatable bonds is 7. The molecular formula is C29H46N4O6. The molecule has 0 aromatic rings. The van der Waals surface area contributed by atoms with E-state index < -0.39 is 5.60 Å². The minimum absolute atomic E-state index is 0.0687. The molecule has 1 aliphatic carbocycles. The van der Waals surface area contributed by atoms with Gasteiger partial charge in [0.05, 0.1) is 51.7 Å². The van der Waals surface area contributed by atoms with E-state index in [1.165, 1.54) is 0 Å². The first kappa shape index (κ1) is 29.3. The number of urea groups is 1. The molecular weight excluding hydrogens is 500 g/mol. The molecule has 4 aliphatic rings. The SMILES string of the molecule is CC/C(=C\NC1=C(CNC(=O)N2C3CCC2COC3)C([C@@H]2COCCN2C(=O)OC(C)(C)C)=CC[C@@H]1C)OC. The fraction of sp³-hybridized carbons (Fsp3) is 0.724. The van der Waals surface area contributed by atoms with Crippen molar-refractivity contribution >= 4 is 12.1 Å². The van der Waals surface area contributed by atoms with Crippen molar-refractivity contribution in [3.05, 3.63) is 34.9 Å². The smallest absolute Gasteiger partial charge is 0.410 e. The highest BCUT2D eigenvalue weighted by Gasteiger charge is 2.41. The van der Waals surface area contributed by atoms with Crippen molar-refractivity contribution in [2.75, 3.05) is 46.6 Å². The number of allylic oxidation sites excluding steroid dienone is 3. The number of carbonyl (C=O) groups excluding carboxylic acids is 2. The van der Waals surface area contributed by atoms with E-state index in [1.54, 1.807) is 12.0 Å². The second-order valence-electron chi connectivity index (χ2n) is 11.8. The van der Waals surface area contributed by atoms with Gasteiger partial charge < -0.3 is 34.5 Å². The van der Waals surface area contributed by atoms with Crippen LogP contribution < -0.4 is 10.6 Å². The van der Waals surface area contributed by atoms with Gasteiger partial charge in [0.2, 0.25) is 0 Å². The molecule has 3 fully saturated rings. The number of nitrogens with zero attached hydrogens (tertiary/aromatic N) is 2. The lowest BCUT2D eigenvalue weighted by Gasteiger charge is -2.40. The second kappa shape index (κ2) is 12.6. The highest BCUT2D eigenvalue weighted by molar-refractivity contribution is 5.76. The van der Waals surface area contributed by atoms with Crippen molar-refractivity contribution in [2.24, 2.45) is 5.92 Å². The summed E-state index contributed by atoms with van der Waals surface area (Å²) in [4.78, 5) is 30.4. The number of hydrogen-bond donors (Lipinski definition) is 2. The zero-order chi connectivity index (χ0) is 28.2. The summed E-state index contributed by atoms with van der Waals surface area (Å²) in [6, 6.07) is -0.134. The van der Waals surface area contributed by atoms with Gasteiger partial charge in [0.15, 0.2) is 0 Å². The lowest BCUT2D eigenvalue weighted by molar-refractivity contribution is -0.0238. The lowest BCUT2D eigenvalue weighted by Crippen LogP contribution is -2.54. The van der Waals surface area contributed by atoms with E-state index in [0.29, 0.717) is 39.5 Å². The van der Waals surface area contributed by atoms with Crippen LogP contribution in [0, 0.1) is 5.92 Å². The zero-order valence-electron chi connectivity index (χ0n) is 24.4. The number of fused-ring (bicyclic) bond motifs is 2. The summed E-state index contributed by atoms with van der Waals surface area (Å²) in [6.07, 6.45) is 7.22. The van der Waals surface area contributed by atoms with Crippen molar-refractivity contribution < 1.29 is 28.5 Å². The summed E-state index contributed by atoms with van der Waals surface area (Å²) in [5.74, 6) is 1.02. The predicted octanol–water partition coefficient (Wildman–Crippen LogP) is 3.90. The van der Waals surface area contributed by atoms with Crippen molar-refractivity contribution in [3.63, 3.8) is 0 Å². The van der Waals surface area contributed by atoms with Gasteiger partial charge in [0.25, 0.3) is 0 Å². The quantitative estimate of drug-likeness (QED) is 0.467. The fourth-order valence-corrected chi connectivity index (χ4v) is 5.84. The number of amides is 3. The molecule has 0 saturated carbocycles. The van der Waals surface area contributed by atoms with Crippen LogP contribution in [0.25, 0.3) is 0 Å². The molecule has 3 saturated heterocycles. The molecule has 10 nitrogen and oxygen atoms in total.